The highest BCUT2D eigenvalue weighted by atomic mass is 16.5. The molecule has 1 saturated heterocycles. The molecule has 0 spiro atoms. The van der Waals surface area contributed by atoms with Crippen LogP contribution in [0.1, 0.15) is 46.8 Å². The van der Waals surface area contributed by atoms with E-state index >= 15 is 0 Å². The van der Waals surface area contributed by atoms with Gasteiger partial charge in [-0.3, -0.25) is 9.69 Å². The topological polar surface area (TPSA) is 97.3 Å². The number of phenolic OH excluding ortho intramolecular Hbond substituents is 1. The molecule has 0 unspecified atom stereocenters. The minimum Gasteiger partial charge on any atom is -0.507 e. The van der Waals surface area contributed by atoms with Crippen LogP contribution in [-0.2, 0) is 27.3 Å². The maximum atomic E-state index is 12.0. The Kier molecular flexibility index (Phi) is 7.33. The fraction of sp³-hybridized carbons (Fsp3) is 0.545. The first-order valence-corrected chi connectivity index (χ1v) is 10.2. The average Bonchev–Trinajstić information content (AvgIpc) is 3.38. The van der Waals surface area contributed by atoms with Gasteiger partial charge in [0.25, 0.3) is 0 Å². The summed E-state index contributed by atoms with van der Waals surface area (Å²) in [4.78, 5) is 26.1. The highest BCUT2D eigenvalue weighted by Gasteiger charge is 2.31. The molecular formula is C22H30N2O6. The second-order valence-corrected chi connectivity index (χ2v) is 7.67. The molecule has 2 aliphatic rings. The van der Waals surface area contributed by atoms with E-state index in [2.05, 4.69) is 10.2 Å². The molecule has 8 heteroatoms. The van der Waals surface area contributed by atoms with E-state index in [9.17, 15) is 14.7 Å². The first-order chi connectivity index (χ1) is 14.4. The van der Waals surface area contributed by atoms with E-state index in [4.69, 9.17) is 14.2 Å². The molecule has 8 nitrogen and oxygen atoms in total. The number of fused-ring (bicyclic) bond motifs is 1. The third-order valence-corrected chi connectivity index (χ3v) is 5.64. The van der Waals surface area contributed by atoms with E-state index in [-0.39, 0.29) is 23.9 Å². The van der Waals surface area contributed by atoms with E-state index in [0.29, 0.717) is 42.7 Å². The van der Waals surface area contributed by atoms with E-state index < -0.39 is 5.97 Å². The molecule has 3 rings (SSSR count). The fourth-order valence-corrected chi connectivity index (χ4v) is 3.81. The predicted octanol–water partition coefficient (Wildman–Crippen LogP) is 2.05. The number of rotatable bonds is 9. The number of phenols is 1. The van der Waals surface area contributed by atoms with Crippen LogP contribution in [0.2, 0.25) is 0 Å². The average molecular weight is 418 g/mol. The molecule has 1 aromatic carbocycles. The lowest BCUT2D eigenvalue weighted by Crippen LogP contribution is -2.27. The van der Waals surface area contributed by atoms with Crippen LogP contribution in [0.15, 0.2) is 11.6 Å². The molecule has 1 aromatic rings. The molecule has 0 radical (unpaired) electrons. The first kappa shape index (κ1) is 22.1. The lowest BCUT2D eigenvalue weighted by Gasteiger charge is -2.16. The SMILES string of the molecule is COc1c(C)c2c(c(O)c1CC=C(C)CCC(=O)OCCN1CCNC1)C(=O)OC2. The third kappa shape index (κ3) is 4.94. The van der Waals surface area contributed by atoms with Crippen LogP contribution in [-0.4, -0.2) is 62.0 Å². The van der Waals surface area contributed by atoms with Crippen LogP contribution in [0.4, 0.5) is 0 Å². The summed E-state index contributed by atoms with van der Waals surface area (Å²) in [6, 6.07) is 0. The van der Waals surface area contributed by atoms with Crippen molar-refractivity contribution in [2.45, 2.75) is 39.7 Å². The van der Waals surface area contributed by atoms with Crippen molar-refractivity contribution in [2.24, 2.45) is 0 Å². The number of nitrogens with zero attached hydrogens (tertiary/aromatic N) is 1. The Bertz CT molecular complexity index is 843. The molecule has 0 bridgehead atoms. The summed E-state index contributed by atoms with van der Waals surface area (Å²) < 4.78 is 15.9. The van der Waals surface area contributed by atoms with Crippen LogP contribution in [0.5, 0.6) is 11.5 Å². The van der Waals surface area contributed by atoms with E-state index in [0.717, 1.165) is 37.4 Å². The quantitative estimate of drug-likeness (QED) is 0.465. The van der Waals surface area contributed by atoms with E-state index in [1.54, 1.807) is 7.11 Å². The number of hydrogen-bond donors (Lipinski definition) is 2. The number of allylic oxidation sites excluding steroid dienone is 2. The second kappa shape index (κ2) is 9.95. The zero-order valence-corrected chi connectivity index (χ0v) is 17.9. The lowest BCUT2D eigenvalue weighted by molar-refractivity contribution is -0.143. The van der Waals surface area contributed by atoms with E-state index in [1.807, 2.05) is 19.9 Å². The van der Waals surface area contributed by atoms with Gasteiger partial charge in [-0.25, -0.2) is 4.79 Å². The van der Waals surface area contributed by atoms with Gasteiger partial charge in [-0.2, -0.15) is 0 Å². The van der Waals surface area contributed by atoms with Crippen molar-refractivity contribution >= 4 is 11.9 Å². The van der Waals surface area contributed by atoms with Gasteiger partial charge in [0.1, 0.15) is 30.3 Å². The summed E-state index contributed by atoms with van der Waals surface area (Å²) in [5.41, 5.74) is 3.25. The Balaban J connectivity index is 1.56. The fourth-order valence-electron chi connectivity index (χ4n) is 3.81. The third-order valence-electron chi connectivity index (χ3n) is 5.64. The van der Waals surface area contributed by atoms with Crippen LogP contribution in [0, 0.1) is 6.92 Å². The Labute approximate surface area is 176 Å². The van der Waals surface area contributed by atoms with Gasteiger partial charge in [-0.05, 0) is 32.3 Å². The zero-order valence-electron chi connectivity index (χ0n) is 17.9. The molecule has 0 amide bonds. The number of carbonyl (C=O) groups excluding carboxylic acids is 2. The number of esters is 2. The molecule has 1 fully saturated rings. The van der Waals surface area contributed by atoms with Crippen LogP contribution >= 0.6 is 0 Å². The number of benzene rings is 1. The Morgan fingerprint density at radius 3 is 2.87 bits per heavy atom. The number of aromatic hydroxyl groups is 1. The van der Waals surface area contributed by atoms with Gasteiger partial charge in [0, 0.05) is 43.9 Å². The molecule has 2 N–H and O–H groups in total. The van der Waals surface area contributed by atoms with Gasteiger partial charge < -0.3 is 24.6 Å². The molecule has 164 valence electrons. The molecule has 30 heavy (non-hydrogen) atoms. The molecule has 0 aliphatic carbocycles. The van der Waals surface area contributed by atoms with Crippen molar-refractivity contribution in [1.82, 2.24) is 10.2 Å². The van der Waals surface area contributed by atoms with Crippen molar-refractivity contribution in [1.29, 1.82) is 0 Å². The Morgan fingerprint density at radius 2 is 2.17 bits per heavy atom. The van der Waals surface area contributed by atoms with Gasteiger partial charge >= 0.3 is 11.9 Å². The second-order valence-electron chi connectivity index (χ2n) is 7.67. The van der Waals surface area contributed by atoms with Gasteiger partial charge in [-0.1, -0.05) is 11.6 Å². The lowest BCUT2D eigenvalue weighted by atomic mass is 9.94. The van der Waals surface area contributed by atoms with Crippen LogP contribution in [0.25, 0.3) is 0 Å². The van der Waals surface area contributed by atoms with Crippen molar-refractivity contribution in [3.63, 3.8) is 0 Å². The number of cyclic esters (lactones) is 1. The monoisotopic (exact) mass is 418 g/mol. The number of nitrogens with one attached hydrogen (secondary N) is 1. The summed E-state index contributed by atoms with van der Waals surface area (Å²) in [6.07, 6.45) is 3.20. The molecular weight excluding hydrogens is 388 g/mol. The minimum atomic E-state index is -0.511. The molecule has 0 atom stereocenters. The van der Waals surface area contributed by atoms with E-state index in [1.165, 1.54) is 0 Å². The number of hydrogen-bond acceptors (Lipinski definition) is 8. The van der Waals surface area contributed by atoms with Crippen molar-refractivity contribution in [2.75, 3.05) is 40.0 Å². The summed E-state index contributed by atoms with van der Waals surface area (Å²) >= 11 is 0. The smallest absolute Gasteiger partial charge is 0.342 e. The highest BCUT2D eigenvalue weighted by molar-refractivity contribution is 5.98. The van der Waals surface area contributed by atoms with Gasteiger partial charge in [-0.15, -0.1) is 0 Å². The summed E-state index contributed by atoms with van der Waals surface area (Å²) in [6.45, 7) is 7.88. The largest absolute Gasteiger partial charge is 0.507 e. The van der Waals surface area contributed by atoms with Gasteiger partial charge in [0.2, 0.25) is 0 Å². The predicted molar refractivity (Wildman–Crippen MR) is 111 cm³/mol. The highest BCUT2D eigenvalue weighted by Crippen LogP contribution is 2.42. The van der Waals surface area contributed by atoms with Crippen LogP contribution < -0.4 is 10.1 Å². The van der Waals surface area contributed by atoms with Crippen molar-refractivity contribution in [3.05, 3.63) is 33.9 Å². The minimum absolute atomic E-state index is 0.0881. The molecule has 2 aliphatic heterocycles. The normalized spacial score (nSPS) is 16.5. The summed E-state index contributed by atoms with van der Waals surface area (Å²) in [5, 5.41) is 13.9. The Hall–Kier alpha value is -2.58. The number of carbonyl (C=O) groups is 2. The standard InChI is InChI=1S/C22H30N2O6/c1-14(5-7-18(25)29-11-10-24-9-8-23-13-24)4-6-16-20(26)19-17(12-30-22(19)27)15(2)21(16)28-3/h4,23,26H,5-13H2,1-3H3. The maximum absolute atomic E-state index is 12.0. The van der Waals surface area contributed by atoms with Crippen molar-refractivity contribution < 1.29 is 28.9 Å². The summed E-state index contributed by atoms with van der Waals surface area (Å²) in [5.74, 6) is -0.256. The number of ether oxygens (including phenoxy) is 3. The molecule has 0 saturated carbocycles. The maximum Gasteiger partial charge on any atom is 0.342 e. The van der Waals surface area contributed by atoms with Crippen LogP contribution in [0.3, 0.4) is 0 Å². The molecule has 0 aromatic heterocycles. The van der Waals surface area contributed by atoms with Crippen molar-refractivity contribution in [3.8, 4) is 11.5 Å². The Morgan fingerprint density at radius 1 is 1.37 bits per heavy atom. The zero-order chi connectivity index (χ0) is 21.7. The number of methoxy groups -OCH3 is 1. The summed E-state index contributed by atoms with van der Waals surface area (Å²) in [7, 11) is 1.54. The molecule has 2 heterocycles. The first-order valence-electron chi connectivity index (χ1n) is 10.2. The van der Waals surface area contributed by atoms with Gasteiger partial charge in [0.15, 0.2) is 0 Å². The van der Waals surface area contributed by atoms with Gasteiger partial charge in [0.05, 0.1) is 7.11 Å².